The molecule has 2 aromatic rings. The van der Waals surface area contributed by atoms with Crippen LogP contribution < -0.4 is 20.1 Å². The minimum absolute atomic E-state index is 0.0613. The summed E-state index contributed by atoms with van der Waals surface area (Å²) in [6, 6.07) is 12.3. The van der Waals surface area contributed by atoms with E-state index in [1.165, 1.54) is 0 Å². The molecule has 1 spiro atoms. The Labute approximate surface area is 245 Å². The van der Waals surface area contributed by atoms with E-state index in [-0.39, 0.29) is 36.9 Å². The van der Waals surface area contributed by atoms with Gasteiger partial charge in [-0.15, -0.1) is 0 Å². The Balaban J connectivity index is 1.18. The summed E-state index contributed by atoms with van der Waals surface area (Å²) in [5.41, 5.74) is 1.64. The molecule has 0 radical (unpaired) electrons. The summed E-state index contributed by atoms with van der Waals surface area (Å²) in [7, 11) is 0. The highest BCUT2D eigenvalue weighted by Gasteiger charge is 2.73. The van der Waals surface area contributed by atoms with Gasteiger partial charge < -0.3 is 29.7 Å². The first-order chi connectivity index (χ1) is 20.3. The highest BCUT2D eigenvalue weighted by atomic mass is 16.6. The van der Waals surface area contributed by atoms with E-state index in [2.05, 4.69) is 10.6 Å². The molecular weight excluding hydrogens is 534 g/mol. The van der Waals surface area contributed by atoms with E-state index in [0.29, 0.717) is 17.2 Å². The molecule has 1 saturated carbocycles. The van der Waals surface area contributed by atoms with E-state index in [1.807, 2.05) is 68.5 Å². The van der Waals surface area contributed by atoms with Gasteiger partial charge in [-0.2, -0.15) is 0 Å². The molecule has 7 rings (SSSR count). The maximum Gasteiger partial charge on any atom is 0.246 e. The van der Waals surface area contributed by atoms with Crippen molar-refractivity contribution in [3.8, 4) is 11.5 Å². The number of para-hydroxylation sites is 2. The topological polar surface area (TPSA) is 106 Å². The van der Waals surface area contributed by atoms with Crippen LogP contribution in [0.1, 0.15) is 43.2 Å². The fourth-order valence-corrected chi connectivity index (χ4v) is 7.41. The summed E-state index contributed by atoms with van der Waals surface area (Å²) in [4.78, 5) is 43.7. The van der Waals surface area contributed by atoms with Crippen LogP contribution in [0.3, 0.4) is 0 Å². The monoisotopic (exact) mass is 571 g/mol. The first-order valence-corrected chi connectivity index (χ1v) is 15.1. The van der Waals surface area contributed by atoms with Crippen LogP contribution in [0.25, 0.3) is 0 Å². The summed E-state index contributed by atoms with van der Waals surface area (Å²) in [6.07, 6.45) is 7.76. The van der Waals surface area contributed by atoms with Crippen molar-refractivity contribution in [3.05, 3.63) is 65.7 Å². The Morgan fingerprint density at radius 1 is 1.00 bits per heavy atom. The standard InChI is InChI=1S/C33H37N3O6/c1-19-12-13-22(16-20(19)2)35-30(37)27-26-14-15-33(42-26)28(27)32(39)36(29(33)31(38)34-21-8-4-3-5-9-21)17-23-18-40-24-10-6-7-11-25(24)41-23/h6-7,10-16,21,23,26-29H,3-5,8-9,17-18H2,1-2H3,(H,34,38)(H,35,37)/t23-,26+,27-,28+,29-,33+/m0/s1. The number of hydrogen-bond acceptors (Lipinski definition) is 6. The largest absolute Gasteiger partial charge is 0.486 e. The lowest BCUT2D eigenvalue weighted by Gasteiger charge is -2.36. The molecule has 9 heteroatoms. The van der Waals surface area contributed by atoms with Gasteiger partial charge in [0.25, 0.3) is 0 Å². The third kappa shape index (κ3) is 4.45. The minimum Gasteiger partial charge on any atom is -0.486 e. The van der Waals surface area contributed by atoms with Crippen LogP contribution in [0, 0.1) is 25.7 Å². The van der Waals surface area contributed by atoms with Gasteiger partial charge in [-0.3, -0.25) is 14.4 Å². The minimum atomic E-state index is -1.22. The third-order valence-corrected chi connectivity index (χ3v) is 9.62. The molecule has 2 saturated heterocycles. The fourth-order valence-electron chi connectivity index (χ4n) is 7.41. The van der Waals surface area contributed by atoms with Crippen LogP contribution in [0.5, 0.6) is 11.5 Å². The number of carbonyl (C=O) groups excluding carboxylic acids is 3. The molecule has 3 fully saturated rings. The van der Waals surface area contributed by atoms with E-state index in [0.717, 1.165) is 43.2 Å². The van der Waals surface area contributed by atoms with Crippen LogP contribution >= 0.6 is 0 Å². The molecular formula is C33H37N3O6. The fraction of sp³-hybridized carbons (Fsp3) is 0.485. The number of benzene rings is 2. The van der Waals surface area contributed by atoms with Gasteiger partial charge in [-0.05, 0) is 62.1 Å². The van der Waals surface area contributed by atoms with Crippen molar-refractivity contribution in [3.63, 3.8) is 0 Å². The van der Waals surface area contributed by atoms with Crippen molar-refractivity contribution in [1.29, 1.82) is 0 Å². The summed E-state index contributed by atoms with van der Waals surface area (Å²) < 4.78 is 18.6. The smallest absolute Gasteiger partial charge is 0.246 e. The molecule has 0 unspecified atom stereocenters. The molecule has 2 aromatic carbocycles. The van der Waals surface area contributed by atoms with E-state index in [4.69, 9.17) is 14.2 Å². The van der Waals surface area contributed by atoms with Gasteiger partial charge >= 0.3 is 0 Å². The van der Waals surface area contributed by atoms with E-state index in [1.54, 1.807) is 4.90 Å². The molecule has 1 aliphatic carbocycles. The Kier molecular flexibility index (Phi) is 6.72. The van der Waals surface area contributed by atoms with Gasteiger partial charge in [0.05, 0.1) is 24.5 Å². The second kappa shape index (κ2) is 10.5. The molecule has 2 N–H and O–H groups in total. The number of ether oxygens (including phenoxy) is 3. The Morgan fingerprint density at radius 3 is 2.57 bits per heavy atom. The van der Waals surface area contributed by atoms with E-state index < -0.39 is 35.7 Å². The number of likely N-dealkylation sites (tertiary alicyclic amines) is 1. The molecule has 9 nitrogen and oxygen atoms in total. The van der Waals surface area contributed by atoms with Crippen molar-refractivity contribution in [2.75, 3.05) is 18.5 Å². The van der Waals surface area contributed by atoms with Crippen LogP contribution in [-0.2, 0) is 19.1 Å². The highest BCUT2D eigenvalue weighted by molar-refractivity contribution is 6.02. The average molecular weight is 572 g/mol. The number of amides is 3. The SMILES string of the molecule is Cc1ccc(NC(=O)[C@H]2[C@H]3C=C[C@]4(O3)[C@H](C(=O)NC3CCCCC3)N(C[C@H]3COc5ccccc5O3)C(=O)[C@@H]24)cc1C. The van der Waals surface area contributed by atoms with Gasteiger partial charge in [-0.25, -0.2) is 0 Å². The molecule has 6 atom stereocenters. The van der Waals surface area contributed by atoms with Crippen molar-refractivity contribution in [2.45, 2.75) is 75.8 Å². The van der Waals surface area contributed by atoms with E-state index in [9.17, 15) is 14.4 Å². The molecule has 5 aliphatic rings. The maximum atomic E-state index is 14.3. The van der Waals surface area contributed by atoms with Gasteiger partial charge in [0.15, 0.2) is 17.6 Å². The van der Waals surface area contributed by atoms with Crippen molar-refractivity contribution in [2.24, 2.45) is 11.8 Å². The zero-order valence-electron chi connectivity index (χ0n) is 24.0. The number of fused-ring (bicyclic) bond motifs is 2. The first-order valence-electron chi connectivity index (χ1n) is 15.1. The third-order valence-electron chi connectivity index (χ3n) is 9.62. The zero-order valence-corrected chi connectivity index (χ0v) is 24.0. The van der Waals surface area contributed by atoms with Gasteiger partial charge in [0.1, 0.15) is 18.2 Å². The average Bonchev–Trinajstić information content (AvgIpc) is 3.63. The number of nitrogens with one attached hydrogen (secondary N) is 2. The highest BCUT2D eigenvalue weighted by Crippen LogP contribution is 2.55. The van der Waals surface area contributed by atoms with Crippen molar-refractivity contribution < 1.29 is 28.6 Å². The number of hydrogen-bond donors (Lipinski definition) is 2. The lowest BCUT2D eigenvalue weighted by molar-refractivity contribution is -0.143. The molecule has 4 aliphatic heterocycles. The van der Waals surface area contributed by atoms with Crippen molar-refractivity contribution in [1.82, 2.24) is 10.2 Å². The van der Waals surface area contributed by atoms with Crippen molar-refractivity contribution >= 4 is 23.4 Å². The molecule has 2 bridgehead atoms. The van der Waals surface area contributed by atoms with Crippen LogP contribution in [-0.4, -0.2) is 65.7 Å². The number of carbonyl (C=O) groups is 3. The number of rotatable bonds is 6. The van der Waals surface area contributed by atoms with E-state index >= 15 is 0 Å². The predicted molar refractivity (Wildman–Crippen MR) is 155 cm³/mol. The Bertz CT molecular complexity index is 1450. The molecule has 0 aromatic heterocycles. The second-order valence-electron chi connectivity index (χ2n) is 12.3. The lowest BCUT2D eigenvalue weighted by atomic mass is 9.74. The van der Waals surface area contributed by atoms with Crippen LogP contribution in [0.2, 0.25) is 0 Å². The predicted octanol–water partition coefficient (Wildman–Crippen LogP) is 3.68. The number of nitrogens with zero attached hydrogens (tertiary/aromatic N) is 1. The van der Waals surface area contributed by atoms with Gasteiger partial charge in [-0.1, -0.05) is 49.6 Å². The van der Waals surface area contributed by atoms with Crippen LogP contribution in [0.15, 0.2) is 54.6 Å². The quantitative estimate of drug-likeness (QED) is 0.513. The van der Waals surface area contributed by atoms with Crippen LogP contribution in [0.4, 0.5) is 5.69 Å². The lowest BCUT2D eigenvalue weighted by Crippen LogP contribution is -2.58. The summed E-state index contributed by atoms with van der Waals surface area (Å²) >= 11 is 0. The summed E-state index contributed by atoms with van der Waals surface area (Å²) in [5, 5.41) is 6.25. The first kappa shape index (κ1) is 27.0. The maximum absolute atomic E-state index is 14.3. The molecule has 220 valence electrons. The molecule has 4 heterocycles. The summed E-state index contributed by atoms with van der Waals surface area (Å²) in [5.74, 6) is -1.13. The van der Waals surface area contributed by atoms with Gasteiger partial charge in [0, 0.05) is 11.7 Å². The summed E-state index contributed by atoms with van der Waals surface area (Å²) in [6.45, 7) is 4.39. The Hall–Kier alpha value is -3.85. The molecule has 42 heavy (non-hydrogen) atoms. The normalized spacial score (nSPS) is 31.2. The van der Waals surface area contributed by atoms with Gasteiger partial charge in [0.2, 0.25) is 17.7 Å². The second-order valence-corrected chi connectivity index (χ2v) is 12.3. The Morgan fingerprint density at radius 2 is 1.79 bits per heavy atom. The zero-order chi connectivity index (χ0) is 29.0. The number of aryl methyl sites for hydroxylation is 2. The number of anilines is 1. The molecule has 3 amide bonds.